The zero-order valence-electron chi connectivity index (χ0n) is 28.1. The van der Waals surface area contributed by atoms with Crippen molar-refractivity contribution in [2.45, 2.75) is 81.4 Å². The minimum Gasteiger partial charge on any atom is -0.497 e. The molecule has 4 heterocycles. The van der Waals surface area contributed by atoms with Crippen molar-refractivity contribution in [3.8, 4) is 5.75 Å². The molecule has 3 aliphatic heterocycles. The lowest BCUT2D eigenvalue weighted by Gasteiger charge is -2.36. The van der Waals surface area contributed by atoms with E-state index in [0.717, 1.165) is 31.2 Å². The number of nitrogens with one attached hydrogen (secondary N) is 2. The number of aliphatic hydroxyl groups is 1. The number of sulfonamides is 1. The number of hydrogen-bond donors (Lipinski definition) is 3. The average Bonchev–Trinajstić information content (AvgIpc) is 3.73. The van der Waals surface area contributed by atoms with E-state index in [1.54, 1.807) is 13.2 Å². The molecule has 0 radical (unpaired) electrons. The summed E-state index contributed by atoms with van der Waals surface area (Å²) in [6, 6.07) is 11.7. The number of carbonyl (C=O) groups is 1. The summed E-state index contributed by atoms with van der Waals surface area (Å²) in [5.41, 5.74) is 1.69. The quantitative estimate of drug-likeness (QED) is 0.222. The molecule has 2 aliphatic carbocycles. The molecule has 1 amide bonds. The Morgan fingerprint density at radius 2 is 1.88 bits per heavy atom. The lowest BCUT2D eigenvalue weighted by Crippen LogP contribution is -2.52. The average molecular weight is 699 g/mol. The summed E-state index contributed by atoms with van der Waals surface area (Å²) in [5, 5.41) is 17.9. The van der Waals surface area contributed by atoms with E-state index in [0.29, 0.717) is 42.1 Å². The van der Waals surface area contributed by atoms with E-state index in [9.17, 15) is 18.3 Å². The summed E-state index contributed by atoms with van der Waals surface area (Å²) in [7, 11) is -2.53. The molecule has 5 unspecified atom stereocenters. The molecular formula is C35H46N4O9S. The largest absolute Gasteiger partial charge is 0.497 e. The number of aliphatic hydroxyl groups excluding tert-OH is 1. The number of anilines is 1. The molecule has 4 bridgehead atoms. The van der Waals surface area contributed by atoms with Gasteiger partial charge in [0.15, 0.2) is 11.9 Å². The van der Waals surface area contributed by atoms with Crippen LogP contribution >= 0.6 is 0 Å². The molecule has 13 nitrogen and oxygen atoms in total. The lowest BCUT2D eigenvalue weighted by atomic mass is 9.74. The van der Waals surface area contributed by atoms with Crippen molar-refractivity contribution < 1.29 is 41.7 Å². The van der Waals surface area contributed by atoms with Crippen LogP contribution in [0.15, 0.2) is 51.8 Å². The molecule has 1 aromatic heterocycles. The molecule has 7 atom stereocenters. The molecule has 2 aromatic carbocycles. The van der Waals surface area contributed by atoms with Gasteiger partial charge in [0.1, 0.15) is 17.4 Å². The first-order valence-electron chi connectivity index (χ1n) is 17.3. The SMILES string of the molecule is COc1cccc(C[C@H](NC(=O)OC2C3CCC4C(OC3)OCC42)[C@H](O)CN(CC(C)C)S(=O)(=O)c2ccc3nc(NC4CC4)oc3c2)c1. The number of oxazole rings is 1. The van der Waals surface area contributed by atoms with Gasteiger partial charge in [-0.05, 0) is 67.9 Å². The zero-order valence-corrected chi connectivity index (χ0v) is 28.9. The molecule has 266 valence electrons. The summed E-state index contributed by atoms with van der Waals surface area (Å²) in [6.07, 6.45) is 1.57. The fraction of sp³-hybridized carbons (Fsp3) is 0.600. The Morgan fingerprint density at radius 3 is 2.65 bits per heavy atom. The van der Waals surface area contributed by atoms with Gasteiger partial charge < -0.3 is 39.1 Å². The van der Waals surface area contributed by atoms with E-state index in [1.807, 2.05) is 38.1 Å². The third-order valence-electron chi connectivity index (χ3n) is 10.0. The van der Waals surface area contributed by atoms with E-state index in [-0.39, 0.29) is 60.5 Å². The van der Waals surface area contributed by atoms with Crippen LogP contribution in [0.25, 0.3) is 11.1 Å². The van der Waals surface area contributed by atoms with Gasteiger partial charge in [0.2, 0.25) is 10.0 Å². The maximum atomic E-state index is 14.2. The van der Waals surface area contributed by atoms with Gasteiger partial charge in [-0.2, -0.15) is 9.29 Å². The molecule has 3 aromatic rings. The highest BCUT2D eigenvalue weighted by Gasteiger charge is 2.52. The molecular weight excluding hydrogens is 652 g/mol. The maximum Gasteiger partial charge on any atom is 0.407 e. The van der Waals surface area contributed by atoms with Crippen LogP contribution in [-0.4, -0.2) is 92.9 Å². The Morgan fingerprint density at radius 1 is 1.06 bits per heavy atom. The van der Waals surface area contributed by atoms with Crippen LogP contribution in [0, 0.1) is 23.7 Å². The second-order valence-corrected chi connectivity index (χ2v) is 16.2. The maximum absolute atomic E-state index is 14.2. The van der Waals surface area contributed by atoms with Crippen LogP contribution in [0.5, 0.6) is 5.75 Å². The Kier molecular flexibility index (Phi) is 9.77. The second kappa shape index (κ2) is 14.1. The van der Waals surface area contributed by atoms with Crippen LogP contribution < -0.4 is 15.4 Å². The van der Waals surface area contributed by atoms with Gasteiger partial charge in [-0.15, -0.1) is 0 Å². The van der Waals surface area contributed by atoms with Gasteiger partial charge in [-0.25, -0.2) is 13.2 Å². The van der Waals surface area contributed by atoms with Crippen molar-refractivity contribution in [2.75, 3.05) is 38.7 Å². The first-order valence-corrected chi connectivity index (χ1v) is 18.7. The number of rotatable bonds is 14. The topological polar surface area (TPSA) is 162 Å². The lowest BCUT2D eigenvalue weighted by molar-refractivity contribution is -0.135. The van der Waals surface area contributed by atoms with Gasteiger partial charge in [0, 0.05) is 43.0 Å². The number of hydrogen-bond acceptors (Lipinski definition) is 11. The standard InChI is InChI=1S/C35H46N4O9S/c1-20(2)16-39(49(42,43)25-10-12-28-31(15-25)47-34(37-28)36-23-8-9-23)17-30(40)29(14-21-5-4-6-24(13-21)44-3)38-35(41)48-32-22-7-11-26-27(32)19-46-33(26)45-18-22/h4-6,10,12-13,15,20,22-23,26-27,29-30,32-33,40H,7-9,11,14,16-19H2,1-3H3,(H,36,37)(H,38,41)/t22?,26?,27?,29-,30+,32?,33?/m0/s1. The van der Waals surface area contributed by atoms with Crippen molar-refractivity contribution in [1.29, 1.82) is 0 Å². The Hall–Kier alpha value is -3.43. The molecule has 0 spiro atoms. The number of nitrogens with zero attached hydrogens (tertiary/aromatic N) is 2. The number of methoxy groups -OCH3 is 1. The Bertz CT molecular complexity index is 1750. The summed E-state index contributed by atoms with van der Waals surface area (Å²) in [5.74, 6) is 0.873. The summed E-state index contributed by atoms with van der Waals surface area (Å²) in [4.78, 5) is 18.0. The minimum atomic E-state index is -4.09. The van der Waals surface area contributed by atoms with Gasteiger partial charge in [-0.1, -0.05) is 26.0 Å². The fourth-order valence-corrected chi connectivity index (χ4v) is 8.99. The molecule has 5 fully saturated rings. The Balaban J connectivity index is 1.11. The predicted molar refractivity (Wildman–Crippen MR) is 180 cm³/mol. The molecule has 3 saturated heterocycles. The number of aromatic nitrogens is 1. The number of ether oxygens (including phenoxy) is 4. The van der Waals surface area contributed by atoms with E-state index in [1.165, 1.54) is 16.4 Å². The van der Waals surface area contributed by atoms with Crippen molar-refractivity contribution in [3.05, 3.63) is 48.0 Å². The van der Waals surface area contributed by atoms with Crippen LogP contribution in [0.3, 0.4) is 0 Å². The van der Waals surface area contributed by atoms with E-state index >= 15 is 0 Å². The normalized spacial score (nSPS) is 26.1. The third-order valence-corrected chi connectivity index (χ3v) is 11.9. The van der Waals surface area contributed by atoms with Crippen molar-refractivity contribution >= 4 is 33.2 Å². The van der Waals surface area contributed by atoms with E-state index < -0.39 is 28.3 Å². The molecule has 8 rings (SSSR count). The van der Waals surface area contributed by atoms with Crippen molar-refractivity contribution in [1.82, 2.24) is 14.6 Å². The number of carbonyl (C=O) groups excluding carboxylic acids is 1. The van der Waals surface area contributed by atoms with Gasteiger partial charge in [-0.3, -0.25) is 0 Å². The van der Waals surface area contributed by atoms with E-state index in [2.05, 4.69) is 15.6 Å². The summed E-state index contributed by atoms with van der Waals surface area (Å²) >= 11 is 0. The van der Waals surface area contributed by atoms with Gasteiger partial charge in [0.25, 0.3) is 6.01 Å². The third kappa shape index (κ3) is 7.53. The number of alkyl carbamates (subject to hydrolysis) is 1. The monoisotopic (exact) mass is 698 g/mol. The predicted octanol–water partition coefficient (Wildman–Crippen LogP) is 4.15. The molecule has 14 heteroatoms. The first-order chi connectivity index (χ1) is 23.6. The van der Waals surface area contributed by atoms with Crippen LogP contribution in [0.1, 0.15) is 45.1 Å². The van der Waals surface area contributed by atoms with Crippen LogP contribution in [0.2, 0.25) is 0 Å². The highest BCUT2D eigenvalue weighted by atomic mass is 32.2. The zero-order chi connectivity index (χ0) is 34.3. The molecule has 3 N–H and O–H groups in total. The van der Waals surface area contributed by atoms with E-state index in [4.69, 9.17) is 23.4 Å². The molecule has 49 heavy (non-hydrogen) atoms. The fourth-order valence-electron chi connectivity index (χ4n) is 7.35. The van der Waals surface area contributed by atoms with Crippen molar-refractivity contribution in [2.24, 2.45) is 23.7 Å². The van der Waals surface area contributed by atoms with Crippen LogP contribution in [-0.2, 0) is 30.7 Å². The van der Waals surface area contributed by atoms with Gasteiger partial charge >= 0.3 is 6.09 Å². The number of benzene rings is 2. The Labute approximate surface area is 286 Å². The van der Waals surface area contributed by atoms with Crippen molar-refractivity contribution in [3.63, 3.8) is 0 Å². The van der Waals surface area contributed by atoms with Gasteiger partial charge in [0.05, 0.1) is 37.4 Å². The number of amides is 1. The smallest absolute Gasteiger partial charge is 0.407 e. The minimum absolute atomic E-state index is 0.0291. The van der Waals surface area contributed by atoms with Crippen LogP contribution in [0.4, 0.5) is 10.8 Å². The molecule has 2 saturated carbocycles. The molecule has 5 aliphatic rings. The number of fused-ring (bicyclic) bond motifs is 3. The highest BCUT2D eigenvalue weighted by Crippen LogP contribution is 2.46. The second-order valence-electron chi connectivity index (χ2n) is 14.2. The first kappa shape index (κ1) is 34.0. The highest BCUT2D eigenvalue weighted by molar-refractivity contribution is 7.89. The summed E-state index contributed by atoms with van der Waals surface area (Å²) in [6.45, 7) is 4.64. The summed E-state index contributed by atoms with van der Waals surface area (Å²) < 4.78 is 58.7.